The molecule has 0 heterocycles. The van der Waals surface area contributed by atoms with Gasteiger partial charge in [-0.25, -0.2) is 0 Å². The molecule has 0 saturated heterocycles. The molecule has 0 radical (unpaired) electrons. The summed E-state index contributed by atoms with van der Waals surface area (Å²) in [6, 6.07) is 10.2. The van der Waals surface area contributed by atoms with Crippen LogP contribution in [-0.4, -0.2) is 37.5 Å². The fourth-order valence-electron chi connectivity index (χ4n) is 3.69. The van der Waals surface area contributed by atoms with Crippen molar-refractivity contribution in [3.05, 3.63) is 70.8 Å². The van der Waals surface area contributed by atoms with Crippen LogP contribution in [-0.2, 0) is 20.2 Å². The first kappa shape index (κ1) is 23.3. The van der Waals surface area contributed by atoms with Gasteiger partial charge in [-0.05, 0) is 24.3 Å². The largest absolute Gasteiger partial charge is 0.397 e. The summed E-state index contributed by atoms with van der Waals surface area (Å²) < 4.78 is 66.5. The standard InChI is InChI=1S/C20H16N4O8S2/c21-18-15(34(30,31)32)8-13(23-9-5-6-12(24-22)14(7-9)33(27,28)29)16-17(18)20(26)11-4-2-1-3-10(11)19(16)25/h1-8,23-24H,21-22H2,(H,27,28,29)(H,30,31,32). The minimum Gasteiger partial charge on any atom is -0.397 e. The molecule has 1 aliphatic rings. The first-order chi connectivity index (χ1) is 15.8. The highest BCUT2D eigenvalue weighted by molar-refractivity contribution is 7.86. The number of carbonyl (C=O) groups excluding carboxylic acids is 2. The zero-order valence-corrected chi connectivity index (χ0v) is 18.6. The molecule has 4 rings (SSSR count). The molecule has 8 N–H and O–H groups in total. The van der Waals surface area contributed by atoms with Gasteiger partial charge in [0, 0.05) is 16.8 Å². The van der Waals surface area contributed by atoms with E-state index in [1.807, 2.05) is 0 Å². The van der Waals surface area contributed by atoms with E-state index >= 15 is 0 Å². The summed E-state index contributed by atoms with van der Waals surface area (Å²) in [4.78, 5) is 25.0. The number of carbonyl (C=O) groups is 2. The van der Waals surface area contributed by atoms with Gasteiger partial charge < -0.3 is 16.5 Å². The molecule has 34 heavy (non-hydrogen) atoms. The van der Waals surface area contributed by atoms with Gasteiger partial charge in [-0.2, -0.15) is 16.8 Å². The van der Waals surface area contributed by atoms with Gasteiger partial charge in [0.1, 0.15) is 9.79 Å². The Morgan fingerprint density at radius 1 is 0.735 bits per heavy atom. The van der Waals surface area contributed by atoms with E-state index < -0.39 is 52.8 Å². The van der Waals surface area contributed by atoms with Crippen molar-refractivity contribution in [1.29, 1.82) is 0 Å². The molecule has 0 atom stereocenters. The Labute approximate surface area is 193 Å². The molecule has 0 saturated carbocycles. The number of hydrogen-bond donors (Lipinski definition) is 6. The van der Waals surface area contributed by atoms with Crippen LogP contribution < -0.4 is 22.3 Å². The van der Waals surface area contributed by atoms with Crippen LogP contribution >= 0.6 is 0 Å². The third-order valence-corrected chi connectivity index (χ3v) is 6.96. The molecule has 1 aliphatic carbocycles. The second-order valence-corrected chi connectivity index (χ2v) is 10.0. The van der Waals surface area contributed by atoms with Crippen LogP contribution in [0.1, 0.15) is 31.8 Å². The number of rotatable bonds is 5. The maximum absolute atomic E-state index is 13.3. The highest BCUT2D eigenvalue weighted by Crippen LogP contribution is 2.40. The van der Waals surface area contributed by atoms with Gasteiger partial charge in [-0.15, -0.1) is 0 Å². The summed E-state index contributed by atoms with van der Waals surface area (Å²) in [5, 5.41) is 2.67. The van der Waals surface area contributed by atoms with Crippen molar-refractivity contribution in [2.45, 2.75) is 9.79 Å². The Hall–Kier alpha value is -3.82. The number of nitrogen functional groups attached to an aromatic ring is 2. The monoisotopic (exact) mass is 504 g/mol. The highest BCUT2D eigenvalue weighted by Gasteiger charge is 2.36. The molecule has 0 aromatic heterocycles. The van der Waals surface area contributed by atoms with Crippen LogP contribution in [0.5, 0.6) is 0 Å². The van der Waals surface area contributed by atoms with E-state index in [4.69, 9.17) is 11.6 Å². The quantitative estimate of drug-likeness (QED) is 0.0987. The Balaban J connectivity index is 2.00. The number of fused-ring (bicyclic) bond motifs is 2. The average molecular weight is 505 g/mol. The van der Waals surface area contributed by atoms with E-state index in [1.165, 1.54) is 36.4 Å². The van der Waals surface area contributed by atoms with Crippen LogP contribution in [0.15, 0.2) is 58.3 Å². The highest BCUT2D eigenvalue weighted by atomic mass is 32.2. The fourth-order valence-corrected chi connectivity index (χ4v) is 5.02. The number of nitrogens with two attached hydrogens (primary N) is 2. The lowest BCUT2D eigenvalue weighted by Gasteiger charge is -2.23. The smallest absolute Gasteiger partial charge is 0.296 e. The van der Waals surface area contributed by atoms with Crippen molar-refractivity contribution in [1.82, 2.24) is 0 Å². The van der Waals surface area contributed by atoms with E-state index in [1.54, 1.807) is 0 Å². The van der Waals surface area contributed by atoms with Gasteiger partial charge in [0.15, 0.2) is 11.6 Å². The van der Waals surface area contributed by atoms with Gasteiger partial charge in [-0.1, -0.05) is 24.3 Å². The Morgan fingerprint density at radius 3 is 1.82 bits per heavy atom. The lowest BCUT2D eigenvalue weighted by atomic mass is 9.82. The second-order valence-electron chi connectivity index (χ2n) is 7.22. The molecule has 0 aliphatic heterocycles. The molecule has 3 aromatic carbocycles. The summed E-state index contributed by atoms with van der Waals surface area (Å²) in [6.45, 7) is 0. The number of benzene rings is 3. The number of nitrogens with one attached hydrogen (secondary N) is 2. The van der Waals surface area contributed by atoms with E-state index in [9.17, 15) is 35.5 Å². The second kappa shape index (κ2) is 7.89. The van der Waals surface area contributed by atoms with Crippen molar-refractivity contribution in [3.8, 4) is 0 Å². The zero-order valence-electron chi connectivity index (χ0n) is 16.9. The van der Waals surface area contributed by atoms with E-state index in [2.05, 4.69) is 10.7 Å². The summed E-state index contributed by atoms with van der Waals surface area (Å²) in [5.41, 5.74) is 6.31. The van der Waals surface area contributed by atoms with Crippen LogP contribution in [0, 0.1) is 0 Å². The molecule has 0 bridgehead atoms. The van der Waals surface area contributed by atoms with E-state index in [0.29, 0.717) is 0 Å². The predicted molar refractivity (Wildman–Crippen MR) is 121 cm³/mol. The van der Waals surface area contributed by atoms with Gasteiger partial charge in [0.25, 0.3) is 20.2 Å². The molecule has 0 spiro atoms. The van der Waals surface area contributed by atoms with Gasteiger partial charge in [0.2, 0.25) is 0 Å². The fraction of sp³-hybridized carbons (Fsp3) is 0. The van der Waals surface area contributed by atoms with E-state index in [0.717, 1.165) is 12.1 Å². The SMILES string of the molecule is NNc1ccc(Nc2cc(S(=O)(=O)O)c(N)c3c2C(=O)c2ccccc2C3=O)cc1S(=O)(=O)O. The zero-order chi connectivity index (χ0) is 25.0. The van der Waals surface area contributed by atoms with Crippen molar-refractivity contribution in [3.63, 3.8) is 0 Å². The van der Waals surface area contributed by atoms with Crippen LogP contribution in [0.25, 0.3) is 0 Å². The maximum atomic E-state index is 13.3. The minimum atomic E-state index is -4.93. The molecule has 176 valence electrons. The van der Waals surface area contributed by atoms with Gasteiger partial charge >= 0.3 is 0 Å². The number of hydrogen-bond acceptors (Lipinski definition) is 10. The average Bonchev–Trinajstić information content (AvgIpc) is 2.77. The topological polar surface area (TPSA) is 219 Å². The van der Waals surface area contributed by atoms with Crippen molar-refractivity contribution < 1.29 is 35.5 Å². The van der Waals surface area contributed by atoms with Crippen LogP contribution in [0.4, 0.5) is 22.7 Å². The van der Waals surface area contributed by atoms with E-state index in [-0.39, 0.29) is 33.8 Å². The first-order valence-corrected chi connectivity index (χ1v) is 12.2. The molecule has 0 fully saturated rings. The predicted octanol–water partition coefficient (Wildman–Crippen LogP) is 1.57. The molecule has 14 heteroatoms. The van der Waals surface area contributed by atoms with Crippen molar-refractivity contribution >= 4 is 54.6 Å². The number of hydrazine groups is 1. The molecule has 12 nitrogen and oxygen atoms in total. The first-order valence-electron chi connectivity index (χ1n) is 9.32. The van der Waals surface area contributed by atoms with Gasteiger partial charge in [0.05, 0.1) is 28.2 Å². The normalized spacial score (nSPS) is 13.3. The van der Waals surface area contributed by atoms with Crippen molar-refractivity contribution in [2.24, 2.45) is 5.84 Å². The third kappa shape index (κ3) is 3.78. The molecule has 0 amide bonds. The Morgan fingerprint density at radius 2 is 1.29 bits per heavy atom. The lowest BCUT2D eigenvalue weighted by molar-refractivity contribution is 0.0980. The molecule has 0 unspecified atom stereocenters. The van der Waals surface area contributed by atoms with Crippen LogP contribution in [0.2, 0.25) is 0 Å². The third-order valence-electron chi connectivity index (χ3n) is 5.17. The Bertz CT molecular complexity index is 1620. The number of ketones is 2. The van der Waals surface area contributed by atoms with Crippen LogP contribution in [0.3, 0.4) is 0 Å². The number of anilines is 4. The lowest BCUT2D eigenvalue weighted by Crippen LogP contribution is -2.25. The summed E-state index contributed by atoms with van der Waals surface area (Å²) in [7, 11) is -9.67. The molecular weight excluding hydrogens is 488 g/mol. The van der Waals surface area contributed by atoms with Crippen molar-refractivity contribution in [2.75, 3.05) is 16.5 Å². The van der Waals surface area contributed by atoms with Gasteiger partial charge in [-0.3, -0.25) is 24.5 Å². The minimum absolute atomic E-state index is 0.00262. The summed E-state index contributed by atoms with van der Waals surface area (Å²) in [6.07, 6.45) is 0. The molecule has 3 aromatic rings. The maximum Gasteiger partial charge on any atom is 0.296 e. The molecular formula is C20H16N4O8S2. The summed E-state index contributed by atoms with van der Waals surface area (Å²) >= 11 is 0. The summed E-state index contributed by atoms with van der Waals surface area (Å²) in [5.74, 6) is 3.87. The Kier molecular flexibility index (Phi) is 5.42.